The van der Waals surface area contributed by atoms with Crippen LogP contribution in [0.5, 0.6) is 0 Å². The van der Waals surface area contributed by atoms with Gasteiger partial charge in [0.2, 0.25) is 0 Å². The Bertz CT molecular complexity index is 516. The minimum absolute atomic E-state index is 0.396. The molecule has 0 unspecified atom stereocenters. The summed E-state index contributed by atoms with van der Waals surface area (Å²) in [5.41, 5.74) is 7.43. The Kier molecular flexibility index (Phi) is 2.64. The van der Waals surface area contributed by atoms with Crippen molar-refractivity contribution in [2.24, 2.45) is 0 Å². The molecule has 1 aromatic heterocycles. The number of nitrogens with two attached hydrogens (primary N) is 1. The number of anilines is 1. The number of esters is 1. The molecule has 0 radical (unpaired) electrons. The van der Waals surface area contributed by atoms with Gasteiger partial charge >= 0.3 is 5.97 Å². The summed E-state index contributed by atoms with van der Waals surface area (Å²) in [6.45, 7) is 0. The lowest BCUT2D eigenvalue weighted by Gasteiger charge is -2.02. The number of hydrogen-bond donors (Lipinski definition) is 1. The van der Waals surface area contributed by atoms with Gasteiger partial charge in [0.25, 0.3) is 0 Å². The first-order chi connectivity index (χ1) is 7.72. The van der Waals surface area contributed by atoms with Crippen molar-refractivity contribution in [3.05, 3.63) is 42.2 Å². The smallest absolute Gasteiger partial charge is 0.341 e. The van der Waals surface area contributed by atoms with Crippen LogP contribution in [0, 0.1) is 0 Å². The molecule has 0 fully saturated rings. The monoisotopic (exact) mass is 217 g/mol. The highest BCUT2D eigenvalue weighted by Crippen LogP contribution is 2.26. The van der Waals surface area contributed by atoms with Gasteiger partial charge in [-0.1, -0.05) is 12.1 Å². The average molecular weight is 217 g/mol. The average Bonchev–Trinajstić information content (AvgIpc) is 2.77. The summed E-state index contributed by atoms with van der Waals surface area (Å²) in [6.07, 6.45) is 1.45. The fraction of sp³-hybridized carbons (Fsp3) is 0.0833. The highest BCUT2D eigenvalue weighted by molar-refractivity contribution is 5.95. The lowest BCUT2D eigenvalue weighted by molar-refractivity contribution is 0.0601. The van der Waals surface area contributed by atoms with Crippen LogP contribution < -0.4 is 5.73 Å². The third-order valence-electron chi connectivity index (χ3n) is 2.22. The number of methoxy groups -OCH3 is 1. The molecule has 1 heterocycles. The molecule has 82 valence electrons. The highest BCUT2D eigenvalue weighted by Gasteiger charge is 2.16. The predicted molar refractivity (Wildman–Crippen MR) is 59.9 cm³/mol. The van der Waals surface area contributed by atoms with Gasteiger partial charge in [-0.15, -0.1) is 0 Å². The maximum atomic E-state index is 11.4. The second kappa shape index (κ2) is 4.10. The zero-order valence-electron chi connectivity index (χ0n) is 8.77. The molecule has 0 saturated heterocycles. The molecule has 0 amide bonds. The topological polar surface area (TPSA) is 65.5 Å². The Morgan fingerprint density at radius 1 is 1.38 bits per heavy atom. The lowest BCUT2D eigenvalue weighted by Crippen LogP contribution is -2.01. The maximum Gasteiger partial charge on any atom is 0.341 e. The lowest BCUT2D eigenvalue weighted by atomic mass is 10.1. The van der Waals surface area contributed by atoms with Gasteiger partial charge in [-0.2, -0.15) is 0 Å². The molecular weight excluding hydrogens is 206 g/mol. The fourth-order valence-corrected chi connectivity index (χ4v) is 1.48. The van der Waals surface area contributed by atoms with E-state index in [4.69, 9.17) is 10.2 Å². The standard InChI is InChI=1S/C12H11NO3/c1-15-12(14)10-5-6-16-11(10)8-3-2-4-9(13)7-8/h2-7H,13H2,1H3. The van der Waals surface area contributed by atoms with Gasteiger partial charge in [0, 0.05) is 11.3 Å². The molecule has 0 saturated carbocycles. The van der Waals surface area contributed by atoms with E-state index in [0.29, 0.717) is 17.0 Å². The van der Waals surface area contributed by atoms with E-state index >= 15 is 0 Å². The van der Waals surface area contributed by atoms with Gasteiger partial charge in [0.1, 0.15) is 11.3 Å². The van der Waals surface area contributed by atoms with E-state index in [0.717, 1.165) is 5.56 Å². The molecular formula is C12H11NO3. The van der Waals surface area contributed by atoms with Crippen molar-refractivity contribution < 1.29 is 13.9 Å². The molecule has 16 heavy (non-hydrogen) atoms. The van der Waals surface area contributed by atoms with Gasteiger partial charge < -0.3 is 14.9 Å². The number of rotatable bonds is 2. The zero-order chi connectivity index (χ0) is 11.5. The minimum atomic E-state index is -0.425. The minimum Gasteiger partial charge on any atom is -0.465 e. The molecule has 0 aliphatic rings. The van der Waals surface area contributed by atoms with Gasteiger partial charge in [-0.05, 0) is 18.2 Å². The van der Waals surface area contributed by atoms with Crippen LogP contribution in [0.15, 0.2) is 41.0 Å². The van der Waals surface area contributed by atoms with Crippen LogP contribution in [0.2, 0.25) is 0 Å². The second-order valence-corrected chi connectivity index (χ2v) is 3.28. The van der Waals surface area contributed by atoms with Crippen LogP contribution in [-0.4, -0.2) is 13.1 Å². The van der Waals surface area contributed by atoms with Crippen molar-refractivity contribution in [2.45, 2.75) is 0 Å². The molecule has 0 bridgehead atoms. The molecule has 1 aromatic carbocycles. The van der Waals surface area contributed by atoms with Gasteiger partial charge in [-0.3, -0.25) is 0 Å². The van der Waals surface area contributed by atoms with Crippen molar-refractivity contribution >= 4 is 11.7 Å². The highest BCUT2D eigenvalue weighted by atomic mass is 16.5. The number of ether oxygens (including phenoxy) is 1. The Hall–Kier alpha value is -2.23. The summed E-state index contributed by atoms with van der Waals surface area (Å²) < 4.78 is 9.93. The summed E-state index contributed by atoms with van der Waals surface area (Å²) >= 11 is 0. The SMILES string of the molecule is COC(=O)c1ccoc1-c1cccc(N)c1. The number of furan rings is 1. The molecule has 0 aliphatic heterocycles. The van der Waals surface area contributed by atoms with Gasteiger partial charge in [-0.25, -0.2) is 4.79 Å². The van der Waals surface area contributed by atoms with Crippen LogP contribution >= 0.6 is 0 Å². The number of carbonyl (C=O) groups excluding carboxylic acids is 1. The van der Waals surface area contributed by atoms with E-state index in [1.807, 2.05) is 6.07 Å². The molecule has 0 atom stereocenters. The van der Waals surface area contributed by atoms with Crippen LogP contribution in [0.4, 0.5) is 5.69 Å². The Labute approximate surface area is 92.6 Å². The van der Waals surface area contributed by atoms with Crippen LogP contribution in [-0.2, 0) is 4.74 Å². The van der Waals surface area contributed by atoms with E-state index < -0.39 is 5.97 Å². The summed E-state index contributed by atoms with van der Waals surface area (Å²) in [6, 6.07) is 8.70. The van der Waals surface area contributed by atoms with E-state index in [2.05, 4.69) is 4.74 Å². The zero-order valence-corrected chi connectivity index (χ0v) is 8.77. The molecule has 4 heteroatoms. The van der Waals surface area contributed by atoms with Crippen molar-refractivity contribution in [3.8, 4) is 11.3 Å². The first-order valence-electron chi connectivity index (χ1n) is 4.74. The van der Waals surface area contributed by atoms with Crippen molar-refractivity contribution in [1.29, 1.82) is 0 Å². The van der Waals surface area contributed by atoms with Crippen LogP contribution in [0.25, 0.3) is 11.3 Å². The molecule has 2 rings (SSSR count). The summed E-state index contributed by atoms with van der Waals surface area (Å²) in [4.78, 5) is 11.4. The number of benzene rings is 1. The predicted octanol–water partition coefficient (Wildman–Crippen LogP) is 2.32. The molecule has 4 nitrogen and oxygen atoms in total. The van der Waals surface area contributed by atoms with E-state index in [1.165, 1.54) is 13.4 Å². The molecule has 2 aromatic rings. The second-order valence-electron chi connectivity index (χ2n) is 3.28. The van der Waals surface area contributed by atoms with Gasteiger partial charge in [0.15, 0.2) is 0 Å². The molecule has 2 N–H and O–H groups in total. The summed E-state index contributed by atoms with van der Waals surface area (Å²) in [5, 5.41) is 0. The Balaban J connectivity index is 2.48. The van der Waals surface area contributed by atoms with Crippen molar-refractivity contribution in [1.82, 2.24) is 0 Å². The Morgan fingerprint density at radius 2 is 2.19 bits per heavy atom. The van der Waals surface area contributed by atoms with Crippen molar-refractivity contribution in [3.63, 3.8) is 0 Å². The first kappa shape index (κ1) is 10.3. The van der Waals surface area contributed by atoms with E-state index in [9.17, 15) is 4.79 Å². The molecule has 0 spiro atoms. The first-order valence-corrected chi connectivity index (χ1v) is 4.74. The number of nitrogen functional groups attached to an aromatic ring is 1. The quantitative estimate of drug-likeness (QED) is 0.619. The third-order valence-corrected chi connectivity index (χ3v) is 2.22. The molecule has 0 aliphatic carbocycles. The summed E-state index contributed by atoms with van der Waals surface area (Å²) in [7, 11) is 1.33. The van der Waals surface area contributed by atoms with Crippen molar-refractivity contribution in [2.75, 3.05) is 12.8 Å². The van der Waals surface area contributed by atoms with Crippen LogP contribution in [0.3, 0.4) is 0 Å². The number of hydrogen-bond acceptors (Lipinski definition) is 4. The number of carbonyl (C=O) groups is 1. The fourth-order valence-electron chi connectivity index (χ4n) is 1.48. The van der Waals surface area contributed by atoms with E-state index in [-0.39, 0.29) is 0 Å². The largest absolute Gasteiger partial charge is 0.465 e. The summed E-state index contributed by atoms with van der Waals surface area (Å²) in [5.74, 6) is 0.0466. The third kappa shape index (κ3) is 1.77. The normalized spacial score (nSPS) is 10.1. The van der Waals surface area contributed by atoms with Gasteiger partial charge in [0.05, 0.1) is 13.4 Å². The van der Waals surface area contributed by atoms with Crippen LogP contribution in [0.1, 0.15) is 10.4 Å². The Morgan fingerprint density at radius 3 is 2.88 bits per heavy atom. The maximum absolute atomic E-state index is 11.4. The van der Waals surface area contributed by atoms with E-state index in [1.54, 1.807) is 24.3 Å².